The summed E-state index contributed by atoms with van der Waals surface area (Å²) in [5, 5.41) is 0. The standard InChI is InChI=1S/C51H74O17/c1-53-9-13-57-17-21-61-25-29-65-48-36-45(37-49(40-48)66-30-26-62-22-18-58-14-10-54-2)7-5-43-33-44(35-47(34-43)42-52)6-8-46-38-50(67-31-27-63-23-19-59-15-11-55-3)41-51(39-46)68-32-28-64-24-20-60-16-12-56-4/h5-8,33-42H,9-32H2,1-4H3/b7-5+,8-6+. The molecule has 0 unspecified atom stereocenters. The largest absolute Gasteiger partial charge is 0.491 e. The van der Waals surface area contributed by atoms with Crippen molar-refractivity contribution < 1.29 is 80.6 Å². The fraction of sp³-hybridized carbons (Fsp3) is 0.549. The van der Waals surface area contributed by atoms with E-state index in [1.165, 1.54) is 0 Å². The minimum absolute atomic E-state index is 0.331. The lowest BCUT2D eigenvalue weighted by atomic mass is 10.0. The first kappa shape index (κ1) is 57.8. The highest BCUT2D eigenvalue weighted by molar-refractivity contribution is 5.82. The Balaban J connectivity index is 1.71. The summed E-state index contributed by atoms with van der Waals surface area (Å²) in [4.78, 5) is 12.1. The van der Waals surface area contributed by atoms with E-state index in [0.717, 1.165) is 28.5 Å². The Morgan fingerprint density at radius 1 is 0.265 bits per heavy atom. The molecule has 68 heavy (non-hydrogen) atoms. The molecule has 17 heteroatoms. The molecule has 0 bridgehead atoms. The van der Waals surface area contributed by atoms with E-state index in [2.05, 4.69) is 0 Å². The van der Waals surface area contributed by atoms with Gasteiger partial charge in [0, 0.05) is 46.1 Å². The van der Waals surface area contributed by atoms with E-state index in [-0.39, 0.29) is 0 Å². The first-order valence-corrected chi connectivity index (χ1v) is 22.9. The Morgan fingerprint density at radius 3 is 0.706 bits per heavy atom. The molecule has 0 aromatic heterocycles. The van der Waals surface area contributed by atoms with Crippen molar-refractivity contribution in [1.29, 1.82) is 0 Å². The van der Waals surface area contributed by atoms with Gasteiger partial charge >= 0.3 is 0 Å². The molecule has 0 atom stereocenters. The van der Waals surface area contributed by atoms with Crippen LogP contribution in [0.4, 0.5) is 0 Å². The topological polar surface area (TPSA) is 165 Å². The van der Waals surface area contributed by atoms with Gasteiger partial charge in [-0.25, -0.2) is 0 Å². The summed E-state index contributed by atoms with van der Waals surface area (Å²) in [6.07, 6.45) is 8.60. The molecular formula is C51H74O17. The fourth-order valence-corrected chi connectivity index (χ4v) is 5.79. The number of benzene rings is 3. The van der Waals surface area contributed by atoms with Gasteiger partial charge in [0.25, 0.3) is 0 Å². The van der Waals surface area contributed by atoms with Crippen LogP contribution in [0.5, 0.6) is 23.0 Å². The second-order valence-electron chi connectivity index (χ2n) is 14.5. The Morgan fingerprint density at radius 2 is 0.471 bits per heavy atom. The summed E-state index contributed by atoms with van der Waals surface area (Å²) in [5.74, 6) is 2.45. The molecule has 0 aliphatic heterocycles. The van der Waals surface area contributed by atoms with Crippen LogP contribution in [-0.2, 0) is 56.8 Å². The molecule has 0 fully saturated rings. The maximum Gasteiger partial charge on any atom is 0.150 e. The third kappa shape index (κ3) is 29.4. The number of rotatable bonds is 45. The second kappa shape index (κ2) is 40.4. The van der Waals surface area contributed by atoms with Gasteiger partial charge in [-0.1, -0.05) is 24.3 Å². The monoisotopic (exact) mass is 958 g/mol. The number of carbonyl (C=O) groups is 1. The van der Waals surface area contributed by atoms with Crippen molar-refractivity contribution >= 4 is 30.6 Å². The van der Waals surface area contributed by atoms with Gasteiger partial charge in [-0.3, -0.25) is 4.79 Å². The van der Waals surface area contributed by atoms with Crippen LogP contribution in [0.1, 0.15) is 32.6 Å². The van der Waals surface area contributed by atoms with E-state index in [9.17, 15) is 4.79 Å². The van der Waals surface area contributed by atoms with Crippen molar-refractivity contribution in [2.24, 2.45) is 0 Å². The van der Waals surface area contributed by atoms with Crippen molar-refractivity contribution in [3.63, 3.8) is 0 Å². The van der Waals surface area contributed by atoms with E-state index in [1.807, 2.05) is 78.9 Å². The predicted octanol–water partition coefficient (Wildman–Crippen LogP) is 6.07. The summed E-state index contributed by atoms with van der Waals surface area (Å²) in [5.41, 5.74) is 3.82. The molecule has 380 valence electrons. The number of ether oxygens (including phenoxy) is 16. The molecule has 0 saturated heterocycles. The van der Waals surface area contributed by atoms with Crippen molar-refractivity contribution in [2.45, 2.75) is 0 Å². The summed E-state index contributed by atoms with van der Waals surface area (Å²) < 4.78 is 88.7. The summed E-state index contributed by atoms with van der Waals surface area (Å²) in [7, 11) is 6.54. The molecule has 3 rings (SSSR count). The third-order valence-corrected chi connectivity index (χ3v) is 9.08. The Labute approximate surface area is 402 Å². The maximum absolute atomic E-state index is 12.1. The van der Waals surface area contributed by atoms with Crippen LogP contribution in [0.25, 0.3) is 24.3 Å². The molecule has 3 aromatic rings. The van der Waals surface area contributed by atoms with E-state index in [0.29, 0.717) is 187 Å². The molecule has 0 amide bonds. The molecule has 0 spiro atoms. The molecular weight excluding hydrogens is 885 g/mol. The first-order valence-electron chi connectivity index (χ1n) is 22.9. The Bertz CT molecular complexity index is 1570. The quantitative estimate of drug-likeness (QED) is 0.0364. The normalized spacial score (nSPS) is 11.5. The highest BCUT2D eigenvalue weighted by atomic mass is 16.6. The van der Waals surface area contributed by atoms with Crippen LogP contribution in [-0.4, -0.2) is 193 Å². The molecule has 0 saturated carbocycles. The minimum Gasteiger partial charge on any atom is -0.491 e. The van der Waals surface area contributed by atoms with E-state index >= 15 is 0 Å². The van der Waals surface area contributed by atoms with Gasteiger partial charge in [-0.05, 0) is 64.7 Å². The zero-order valence-corrected chi connectivity index (χ0v) is 40.5. The number of hydrogen-bond acceptors (Lipinski definition) is 17. The molecule has 0 radical (unpaired) electrons. The molecule has 17 nitrogen and oxygen atoms in total. The fourth-order valence-electron chi connectivity index (χ4n) is 5.79. The van der Waals surface area contributed by atoms with Gasteiger partial charge in [0.2, 0.25) is 0 Å². The zero-order chi connectivity index (χ0) is 48.4. The SMILES string of the molecule is COCCOCCOCCOc1cc(/C=C/c2cc(C=O)cc(/C=C/c3cc(OCCOCCOCCOC)cc(OCCOCCOCCOC)c3)c2)cc(OCCOCCOCCOC)c1. The summed E-state index contributed by atoms with van der Waals surface area (Å²) >= 11 is 0. The Kier molecular flexibility index (Phi) is 34.4. The van der Waals surface area contributed by atoms with Gasteiger partial charge in [-0.2, -0.15) is 0 Å². The first-order chi connectivity index (χ1) is 33.6. The van der Waals surface area contributed by atoms with Crippen LogP contribution in [0.3, 0.4) is 0 Å². The number of carbonyl (C=O) groups excluding carboxylic acids is 1. The van der Waals surface area contributed by atoms with Crippen LogP contribution < -0.4 is 18.9 Å². The average molecular weight is 959 g/mol. The van der Waals surface area contributed by atoms with Gasteiger partial charge in [0.05, 0.1) is 132 Å². The van der Waals surface area contributed by atoms with Crippen LogP contribution in [0, 0.1) is 0 Å². The van der Waals surface area contributed by atoms with E-state index in [1.54, 1.807) is 28.4 Å². The van der Waals surface area contributed by atoms with Crippen molar-refractivity contribution in [2.75, 3.05) is 187 Å². The van der Waals surface area contributed by atoms with Gasteiger partial charge < -0.3 is 75.8 Å². The second-order valence-corrected chi connectivity index (χ2v) is 14.5. The van der Waals surface area contributed by atoms with E-state index < -0.39 is 0 Å². The summed E-state index contributed by atoms with van der Waals surface area (Å²) in [6, 6.07) is 17.0. The van der Waals surface area contributed by atoms with Gasteiger partial charge in [0.1, 0.15) is 55.7 Å². The predicted molar refractivity (Wildman–Crippen MR) is 259 cm³/mol. The highest BCUT2D eigenvalue weighted by Gasteiger charge is 2.07. The lowest BCUT2D eigenvalue weighted by Gasteiger charge is -2.12. The van der Waals surface area contributed by atoms with Crippen molar-refractivity contribution in [3.05, 3.63) is 82.4 Å². The third-order valence-electron chi connectivity index (χ3n) is 9.08. The number of aldehydes is 1. The Hall–Kier alpha value is -4.47. The highest BCUT2D eigenvalue weighted by Crippen LogP contribution is 2.27. The lowest BCUT2D eigenvalue weighted by molar-refractivity contribution is 0.0174. The van der Waals surface area contributed by atoms with Crippen LogP contribution in [0.15, 0.2) is 54.6 Å². The van der Waals surface area contributed by atoms with Crippen molar-refractivity contribution in [1.82, 2.24) is 0 Å². The van der Waals surface area contributed by atoms with Crippen LogP contribution in [0.2, 0.25) is 0 Å². The van der Waals surface area contributed by atoms with Crippen molar-refractivity contribution in [3.8, 4) is 23.0 Å². The molecule has 0 heterocycles. The molecule has 0 aliphatic rings. The lowest BCUT2D eigenvalue weighted by Crippen LogP contribution is -2.13. The molecule has 0 aliphatic carbocycles. The number of methoxy groups -OCH3 is 4. The van der Waals surface area contributed by atoms with E-state index in [4.69, 9.17) is 75.8 Å². The van der Waals surface area contributed by atoms with Gasteiger partial charge in [0.15, 0.2) is 0 Å². The molecule has 3 aromatic carbocycles. The smallest absolute Gasteiger partial charge is 0.150 e. The summed E-state index contributed by atoms with van der Waals surface area (Å²) in [6.45, 7) is 10.7. The van der Waals surface area contributed by atoms with Crippen LogP contribution >= 0.6 is 0 Å². The maximum atomic E-state index is 12.1. The minimum atomic E-state index is 0.331. The average Bonchev–Trinajstić information content (AvgIpc) is 3.35. The zero-order valence-electron chi connectivity index (χ0n) is 40.5. The number of hydrogen-bond donors (Lipinski definition) is 0. The molecule has 0 N–H and O–H groups in total. The van der Waals surface area contributed by atoms with Gasteiger partial charge in [-0.15, -0.1) is 0 Å².